The van der Waals surface area contributed by atoms with Crippen LogP contribution in [0.3, 0.4) is 0 Å². The topological polar surface area (TPSA) is 38.5 Å². The number of nitrogens with one attached hydrogen (secondary N) is 1. The van der Waals surface area contributed by atoms with Crippen molar-refractivity contribution >= 4 is 44.6 Å². The standard InChI is InChI=1S/C16H15N3OS2/c1-19-13-8-3-4-9-14(13)22-16(19)18-15(21)17-11-6-5-7-12(10-11)20-2/h3-10H,1-2H3,(H,17,21). The van der Waals surface area contributed by atoms with Crippen molar-refractivity contribution in [2.24, 2.45) is 12.0 Å². The van der Waals surface area contributed by atoms with E-state index in [2.05, 4.69) is 22.4 Å². The second kappa shape index (κ2) is 6.29. The number of thiazole rings is 1. The highest BCUT2D eigenvalue weighted by Gasteiger charge is 2.03. The monoisotopic (exact) mass is 329 g/mol. The van der Waals surface area contributed by atoms with Crippen molar-refractivity contribution < 1.29 is 4.74 Å². The molecule has 0 saturated heterocycles. The van der Waals surface area contributed by atoms with Gasteiger partial charge in [0.15, 0.2) is 9.91 Å². The maximum Gasteiger partial charge on any atom is 0.199 e. The smallest absolute Gasteiger partial charge is 0.199 e. The minimum atomic E-state index is 0.426. The Bertz CT molecular complexity index is 896. The molecular weight excluding hydrogens is 314 g/mol. The van der Waals surface area contributed by atoms with Gasteiger partial charge in [-0.05, 0) is 36.5 Å². The number of aromatic nitrogens is 1. The predicted molar refractivity (Wildman–Crippen MR) is 95.6 cm³/mol. The maximum absolute atomic E-state index is 5.34. The van der Waals surface area contributed by atoms with Crippen LogP contribution in [0.4, 0.5) is 5.69 Å². The number of thiocarbonyl (C=S) groups is 1. The minimum Gasteiger partial charge on any atom is -0.497 e. The van der Waals surface area contributed by atoms with Crippen LogP contribution in [0.2, 0.25) is 0 Å². The van der Waals surface area contributed by atoms with Crippen LogP contribution >= 0.6 is 23.6 Å². The number of fused-ring (bicyclic) bond motifs is 1. The molecule has 0 unspecified atom stereocenters. The first-order valence-electron chi connectivity index (χ1n) is 6.72. The Morgan fingerprint density at radius 2 is 2.05 bits per heavy atom. The largest absolute Gasteiger partial charge is 0.497 e. The number of para-hydroxylation sites is 1. The van der Waals surface area contributed by atoms with Gasteiger partial charge < -0.3 is 14.6 Å². The second-order valence-corrected chi connectivity index (χ2v) is 6.08. The third-order valence-corrected chi connectivity index (χ3v) is 4.54. The van der Waals surface area contributed by atoms with Crippen molar-refractivity contribution in [3.8, 4) is 5.75 Å². The molecule has 0 aliphatic heterocycles. The van der Waals surface area contributed by atoms with E-state index in [-0.39, 0.29) is 0 Å². The van der Waals surface area contributed by atoms with Gasteiger partial charge in [0.2, 0.25) is 0 Å². The van der Waals surface area contributed by atoms with Crippen molar-refractivity contribution in [2.45, 2.75) is 0 Å². The molecular formula is C16H15N3OS2. The van der Waals surface area contributed by atoms with E-state index in [0.717, 1.165) is 21.8 Å². The summed E-state index contributed by atoms with van der Waals surface area (Å²) < 4.78 is 8.43. The van der Waals surface area contributed by atoms with Crippen LogP contribution in [0.1, 0.15) is 0 Å². The average Bonchev–Trinajstić information content (AvgIpc) is 2.84. The molecule has 3 aromatic rings. The molecule has 0 fully saturated rings. The van der Waals surface area contributed by atoms with Crippen LogP contribution in [0.5, 0.6) is 5.75 Å². The van der Waals surface area contributed by atoms with E-state index >= 15 is 0 Å². The zero-order chi connectivity index (χ0) is 15.5. The highest BCUT2D eigenvalue weighted by molar-refractivity contribution is 7.80. The van der Waals surface area contributed by atoms with Crippen LogP contribution in [0.25, 0.3) is 10.2 Å². The molecule has 1 heterocycles. The molecule has 4 nitrogen and oxygen atoms in total. The van der Waals surface area contributed by atoms with E-state index in [1.807, 2.05) is 48.0 Å². The highest BCUT2D eigenvalue weighted by atomic mass is 32.1. The Morgan fingerprint density at radius 1 is 1.23 bits per heavy atom. The van der Waals surface area contributed by atoms with Gasteiger partial charge in [-0.3, -0.25) is 0 Å². The number of ether oxygens (including phenoxy) is 1. The molecule has 0 aliphatic carbocycles. The third kappa shape index (κ3) is 3.03. The normalized spacial score (nSPS) is 11.6. The molecule has 22 heavy (non-hydrogen) atoms. The lowest BCUT2D eigenvalue weighted by molar-refractivity contribution is 0.415. The fourth-order valence-electron chi connectivity index (χ4n) is 2.13. The zero-order valence-electron chi connectivity index (χ0n) is 12.2. The molecule has 1 aromatic heterocycles. The fraction of sp³-hybridized carbons (Fsp3) is 0.125. The summed E-state index contributed by atoms with van der Waals surface area (Å²) in [6, 6.07) is 15.8. The van der Waals surface area contributed by atoms with Gasteiger partial charge in [0.1, 0.15) is 5.75 Å². The summed E-state index contributed by atoms with van der Waals surface area (Å²) in [5.41, 5.74) is 2.01. The number of methoxy groups -OCH3 is 1. The van der Waals surface area contributed by atoms with E-state index in [4.69, 9.17) is 17.0 Å². The molecule has 112 valence electrons. The van der Waals surface area contributed by atoms with E-state index in [1.165, 1.54) is 4.70 Å². The number of benzene rings is 2. The van der Waals surface area contributed by atoms with E-state index in [0.29, 0.717) is 5.11 Å². The molecule has 0 radical (unpaired) electrons. The van der Waals surface area contributed by atoms with Crippen molar-refractivity contribution in [3.05, 3.63) is 53.3 Å². The number of anilines is 1. The summed E-state index contributed by atoms with van der Waals surface area (Å²) in [7, 11) is 3.63. The van der Waals surface area contributed by atoms with E-state index < -0.39 is 0 Å². The lowest BCUT2D eigenvalue weighted by Gasteiger charge is -2.05. The summed E-state index contributed by atoms with van der Waals surface area (Å²) in [5.74, 6) is 0.778. The Balaban J connectivity index is 1.89. The molecule has 2 aromatic carbocycles. The van der Waals surface area contributed by atoms with Crippen molar-refractivity contribution in [3.63, 3.8) is 0 Å². The first kappa shape index (κ1) is 14.7. The number of rotatable bonds is 2. The van der Waals surface area contributed by atoms with Crippen molar-refractivity contribution in [2.75, 3.05) is 12.4 Å². The van der Waals surface area contributed by atoms with Gasteiger partial charge in [-0.15, -0.1) is 0 Å². The summed E-state index contributed by atoms with van der Waals surface area (Å²) in [5, 5.41) is 3.54. The maximum atomic E-state index is 5.34. The second-order valence-electron chi connectivity index (χ2n) is 4.69. The number of hydrogen-bond acceptors (Lipinski definition) is 3. The summed E-state index contributed by atoms with van der Waals surface area (Å²) in [6.07, 6.45) is 0. The van der Waals surface area contributed by atoms with Crippen LogP contribution in [-0.2, 0) is 7.05 Å². The molecule has 0 bridgehead atoms. The molecule has 0 saturated carbocycles. The molecule has 0 amide bonds. The SMILES string of the molecule is COc1cccc(NC(=S)N=c2sc3ccccc3n2C)c1. The third-order valence-electron chi connectivity index (χ3n) is 3.23. The summed E-state index contributed by atoms with van der Waals surface area (Å²) in [4.78, 5) is 5.37. The lowest BCUT2D eigenvalue weighted by atomic mass is 10.3. The Labute approximate surface area is 137 Å². The van der Waals surface area contributed by atoms with Crippen molar-refractivity contribution in [1.82, 2.24) is 4.57 Å². The first-order valence-corrected chi connectivity index (χ1v) is 7.94. The number of hydrogen-bond donors (Lipinski definition) is 1. The fourth-order valence-corrected chi connectivity index (χ4v) is 3.41. The number of aryl methyl sites for hydroxylation is 1. The van der Waals surface area contributed by atoms with Crippen LogP contribution in [-0.4, -0.2) is 16.8 Å². The Hall–Kier alpha value is -2.18. The molecule has 0 atom stereocenters. The van der Waals surface area contributed by atoms with Gasteiger partial charge in [-0.25, -0.2) is 0 Å². The lowest BCUT2D eigenvalue weighted by Crippen LogP contribution is -2.16. The Morgan fingerprint density at radius 3 is 2.82 bits per heavy atom. The van der Waals surface area contributed by atoms with Crippen LogP contribution in [0.15, 0.2) is 53.5 Å². The van der Waals surface area contributed by atoms with Gasteiger partial charge in [-0.1, -0.05) is 29.5 Å². The summed E-state index contributed by atoms with van der Waals surface area (Å²) >= 11 is 6.95. The van der Waals surface area contributed by atoms with Gasteiger partial charge in [0.05, 0.1) is 17.3 Å². The first-order chi connectivity index (χ1) is 10.7. The summed E-state index contributed by atoms with van der Waals surface area (Å²) in [6.45, 7) is 0. The molecule has 6 heteroatoms. The molecule has 1 N–H and O–H groups in total. The molecule has 3 rings (SSSR count). The van der Waals surface area contributed by atoms with Gasteiger partial charge in [0, 0.05) is 18.8 Å². The highest BCUT2D eigenvalue weighted by Crippen LogP contribution is 2.17. The van der Waals surface area contributed by atoms with E-state index in [9.17, 15) is 0 Å². The van der Waals surface area contributed by atoms with Crippen LogP contribution < -0.4 is 14.9 Å². The molecule has 0 aliphatic rings. The van der Waals surface area contributed by atoms with E-state index in [1.54, 1.807) is 18.4 Å². The van der Waals surface area contributed by atoms with Crippen molar-refractivity contribution in [1.29, 1.82) is 0 Å². The number of nitrogens with zero attached hydrogens (tertiary/aromatic N) is 2. The zero-order valence-corrected chi connectivity index (χ0v) is 13.9. The van der Waals surface area contributed by atoms with Crippen LogP contribution in [0, 0.1) is 0 Å². The molecule has 0 spiro atoms. The quantitative estimate of drug-likeness (QED) is 0.731. The predicted octanol–water partition coefficient (Wildman–Crippen LogP) is 3.55. The minimum absolute atomic E-state index is 0.426. The Kier molecular flexibility index (Phi) is 4.22. The van der Waals surface area contributed by atoms with Gasteiger partial charge >= 0.3 is 0 Å². The van der Waals surface area contributed by atoms with Gasteiger partial charge in [0.25, 0.3) is 0 Å². The average molecular weight is 329 g/mol. The van der Waals surface area contributed by atoms with Gasteiger partial charge in [-0.2, -0.15) is 4.99 Å².